The number of benzene rings is 2. The predicted molar refractivity (Wildman–Crippen MR) is 93.9 cm³/mol. The van der Waals surface area contributed by atoms with E-state index in [0.29, 0.717) is 28.7 Å². The highest BCUT2D eigenvalue weighted by atomic mass is 16.5. The summed E-state index contributed by atoms with van der Waals surface area (Å²) in [5.74, 6) is 2.21. The van der Waals surface area contributed by atoms with E-state index < -0.39 is 0 Å². The first-order chi connectivity index (χ1) is 12.1. The Morgan fingerprint density at radius 3 is 2.72 bits per heavy atom. The Kier molecular flexibility index (Phi) is 3.57. The lowest BCUT2D eigenvalue weighted by Crippen LogP contribution is -2.05. The summed E-state index contributed by atoms with van der Waals surface area (Å²) in [6, 6.07) is 14.7. The highest BCUT2D eigenvalue weighted by molar-refractivity contribution is 5.87. The first-order valence-electron chi connectivity index (χ1n) is 7.81. The maximum Gasteiger partial charge on any atom is 0.248 e. The molecule has 0 saturated carbocycles. The molecule has 0 radical (unpaired) electrons. The van der Waals surface area contributed by atoms with Crippen molar-refractivity contribution < 1.29 is 9.26 Å². The van der Waals surface area contributed by atoms with Crippen molar-refractivity contribution in [2.45, 2.75) is 13.8 Å². The molecule has 25 heavy (non-hydrogen) atoms. The number of rotatable bonds is 3. The number of aryl methyl sites for hydroxylation is 2. The van der Waals surface area contributed by atoms with E-state index in [1.54, 1.807) is 13.0 Å². The van der Waals surface area contributed by atoms with Crippen LogP contribution in [0.2, 0.25) is 0 Å². The smallest absolute Gasteiger partial charge is 0.248 e. The monoisotopic (exact) mass is 333 g/mol. The van der Waals surface area contributed by atoms with Crippen LogP contribution in [-0.2, 0) is 0 Å². The summed E-state index contributed by atoms with van der Waals surface area (Å²) < 4.78 is 11.0. The summed E-state index contributed by atoms with van der Waals surface area (Å²) in [7, 11) is 0. The lowest BCUT2D eigenvalue weighted by Gasteiger charge is -2.10. The number of nitrogens with zero attached hydrogens (tertiary/aromatic N) is 2. The molecule has 124 valence electrons. The molecule has 0 aliphatic carbocycles. The van der Waals surface area contributed by atoms with Crippen LogP contribution >= 0.6 is 0 Å². The van der Waals surface area contributed by atoms with Crippen LogP contribution in [0.3, 0.4) is 0 Å². The van der Waals surface area contributed by atoms with Gasteiger partial charge in [0.25, 0.3) is 0 Å². The molecule has 2 heterocycles. The van der Waals surface area contributed by atoms with Crippen LogP contribution in [0.15, 0.2) is 57.8 Å². The highest BCUT2D eigenvalue weighted by Crippen LogP contribution is 2.30. The van der Waals surface area contributed by atoms with Crippen molar-refractivity contribution >= 4 is 10.9 Å². The predicted octanol–water partition coefficient (Wildman–Crippen LogP) is 3.99. The van der Waals surface area contributed by atoms with Crippen molar-refractivity contribution in [2.75, 3.05) is 0 Å². The van der Waals surface area contributed by atoms with Crippen LogP contribution in [-0.4, -0.2) is 15.1 Å². The molecule has 4 rings (SSSR count). The molecule has 1 N–H and O–H groups in total. The van der Waals surface area contributed by atoms with Crippen molar-refractivity contribution in [3.05, 3.63) is 70.3 Å². The van der Waals surface area contributed by atoms with Crippen LogP contribution < -0.4 is 10.3 Å². The van der Waals surface area contributed by atoms with Gasteiger partial charge in [-0.3, -0.25) is 4.79 Å². The maximum atomic E-state index is 11.8. The van der Waals surface area contributed by atoms with Crippen LogP contribution in [0, 0.1) is 13.8 Å². The van der Waals surface area contributed by atoms with Gasteiger partial charge in [0, 0.05) is 23.9 Å². The summed E-state index contributed by atoms with van der Waals surface area (Å²) in [5.41, 5.74) is 2.21. The lowest BCUT2D eigenvalue weighted by atomic mass is 10.1. The molecule has 0 aliphatic heterocycles. The number of pyridine rings is 1. The average Bonchev–Trinajstić information content (AvgIpc) is 3.02. The van der Waals surface area contributed by atoms with E-state index in [-0.39, 0.29) is 5.56 Å². The number of hydrogen-bond donors (Lipinski definition) is 1. The van der Waals surface area contributed by atoms with Crippen molar-refractivity contribution in [1.29, 1.82) is 0 Å². The van der Waals surface area contributed by atoms with E-state index in [0.717, 1.165) is 16.5 Å². The number of ether oxygens (including phenoxy) is 1. The van der Waals surface area contributed by atoms with Crippen LogP contribution in [0.4, 0.5) is 0 Å². The van der Waals surface area contributed by atoms with E-state index >= 15 is 0 Å². The van der Waals surface area contributed by atoms with Crippen molar-refractivity contribution in [1.82, 2.24) is 15.1 Å². The SMILES string of the molecule is Cc1nc(-c2cccc(Oc3cccc4c(C)cc(=O)[nH]c34)c2)no1. The van der Waals surface area contributed by atoms with Gasteiger partial charge < -0.3 is 14.2 Å². The van der Waals surface area contributed by atoms with Crippen LogP contribution in [0.1, 0.15) is 11.5 Å². The topological polar surface area (TPSA) is 81.0 Å². The molecule has 4 aromatic rings. The van der Waals surface area contributed by atoms with Crippen LogP contribution in [0.25, 0.3) is 22.3 Å². The molecule has 0 amide bonds. The molecule has 0 unspecified atom stereocenters. The number of aromatic nitrogens is 3. The second-order valence-electron chi connectivity index (χ2n) is 5.76. The Morgan fingerprint density at radius 1 is 1.08 bits per heavy atom. The Bertz CT molecular complexity index is 1130. The van der Waals surface area contributed by atoms with E-state index in [2.05, 4.69) is 15.1 Å². The van der Waals surface area contributed by atoms with E-state index in [4.69, 9.17) is 9.26 Å². The van der Waals surface area contributed by atoms with E-state index in [1.807, 2.05) is 49.4 Å². The summed E-state index contributed by atoms with van der Waals surface area (Å²) in [6.07, 6.45) is 0. The summed E-state index contributed by atoms with van der Waals surface area (Å²) in [6.45, 7) is 3.65. The molecule has 0 aliphatic rings. The van der Waals surface area contributed by atoms with E-state index in [9.17, 15) is 4.79 Å². The molecular weight excluding hydrogens is 318 g/mol. The highest BCUT2D eigenvalue weighted by Gasteiger charge is 2.10. The summed E-state index contributed by atoms with van der Waals surface area (Å²) in [4.78, 5) is 18.9. The molecule has 0 fully saturated rings. The zero-order chi connectivity index (χ0) is 17.4. The average molecular weight is 333 g/mol. The molecule has 0 spiro atoms. The third kappa shape index (κ3) is 2.89. The van der Waals surface area contributed by atoms with Crippen molar-refractivity contribution in [3.63, 3.8) is 0 Å². The molecule has 0 bridgehead atoms. The van der Waals surface area contributed by atoms with Gasteiger partial charge in [0.1, 0.15) is 5.75 Å². The first-order valence-corrected chi connectivity index (χ1v) is 7.81. The quantitative estimate of drug-likeness (QED) is 0.613. The molecule has 2 aromatic heterocycles. The van der Waals surface area contributed by atoms with Gasteiger partial charge in [-0.25, -0.2) is 0 Å². The third-order valence-corrected chi connectivity index (χ3v) is 3.89. The number of aromatic amines is 1. The normalized spacial score (nSPS) is 11.0. The number of hydrogen-bond acceptors (Lipinski definition) is 5. The van der Waals surface area contributed by atoms with Gasteiger partial charge in [0.05, 0.1) is 5.52 Å². The largest absolute Gasteiger partial charge is 0.455 e. The fourth-order valence-corrected chi connectivity index (χ4v) is 2.75. The molecule has 2 aromatic carbocycles. The minimum absolute atomic E-state index is 0.155. The fourth-order valence-electron chi connectivity index (χ4n) is 2.75. The number of para-hydroxylation sites is 1. The molecule has 0 atom stereocenters. The Morgan fingerprint density at radius 2 is 1.92 bits per heavy atom. The zero-order valence-electron chi connectivity index (χ0n) is 13.7. The van der Waals surface area contributed by atoms with E-state index in [1.165, 1.54) is 0 Å². The second kappa shape index (κ2) is 5.90. The van der Waals surface area contributed by atoms with Gasteiger partial charge in [-0.1, -0.05) is 29.4 Å². The number of nitrogens with one attached hydrogen (secondary N) is 1. The second-order valence-corrected chi connectivity index (χ2v) is 5.76. The number of H-pyrrole nitrogens is 1. The minimum atomic E-state index is -0.155. The maximum absolute atomic E-state index is 11.8. The molecule has 6 nitrogen and oxygen atoms in total. The summed E-state index contributed by atoms with van der Waals surface area (Å²) in [5, 5.41) is 4.86. The lowest BCUT2D eigenvalue weighted by molar-refractivity contribution is 0.394. The molecular formula is C19H15N3O3. The Balaban J connectivity index is 1.76. The van der Waals surface area contributed by atoms with Gasteiger partial charge in [0.15, 0.2) is 5.75 Å². The fraction of sp³-hybridized carbons (Fsp3) is 0.105. The standard InChI is InChI=1S/C19H15N3O3/c1-11-9-17(23)21-18-15(11)7-4-8-16(18)24-14-6-3-5-13(10-14)19-20-12(2)25-22-19/h3-10H,1-2H3,(H,21,23). The van der Waals surface area contributed by atoms with Gasteiger partial charge in [0.2, 0.25) is 17.3 Å². The minimum Gasteiger partial charge on any atom is -0.455 e. The van der Waals surface area contributed by atoms with Crippen LogP contribution in [0.5, 0.6) is 11.5 Å². The summed E-state index contributed by atoms with van der Waals surface area (Å²) >= 11 is 0. The van der Waals surface area contributed by atoms with Gasteiger partial charge in [-0.05, 0) is 30.7 Å². The van der Waals surface area contributed by atoms with Gasteiger partial charge in [-0.15, -0.1) is 0 Å². The van der Waals surface area contributed by atoms with Gasteiger partial charge in [-0.2, -0.15) is 4.98 Å². The first kappa shape index (κ1) is 15.1. The third-order valence-electron chi connectivity index (χ3n) is 3.89. The number of fused-ring (bicyclic) bond motifs is 1. The zero-order valence-corrected chi connectivity index (χ0v) is 13.7. The van der Waals surface area contributed by atoms with Crippen molar-refractivity contribution in [3.8, 4) is 22.9 Å². The molecule has 6 heteroatoms. The molecule has 0 saturated heterocycles. The van der Waals surface area contributed by atoms with Gasteiger partial charge >= 0.3 is 0 Å². The Labute approximate surface area is 143 Å². The Hall–Kier alpha value is -3.41. The van der Waals surface area contributed by atoms with Crippen molar-refractivity contribution in [2.24, 2.45) is 0 Å².